The summed E-state index contributed by atoms with van der Waals surface area (Å²) in [6, 6.07) is 3.83. The standard InChI is InChI=1S/C25H31FN4O9/c1-2-6-14(12-17(31)7-4-3-5-10-28-30-27)23(35)29-16-8-9-18(15(11-16)13-26)38-25-21(34)19(32)20(33)22(39-25)24(36)37/h1,8-9,11,14,19-22,25,32-34H,3-7,10,12-13H2,(H,29,35)(H,36,37)/t14?,19-,20-,21+,22-,25+/m1/s1. The van der Waals surface area contributed by atoms with Gasteiger partial charge in [-0.2, -0.15) is 0 Å². The molecule has 212 valence electrons. The molecule has 1 aliphatic rings. The molecule has 1 heterocycles. The second-order valence-electron chi connectivity index (χ2n) is 8.91. The van der Waals surface area contributed by atoms with Crippen molar-refractivity contribution in [1.82, 2.24) is 0 Å². The lowest BCUT2D eigenvalue weighted by molar-refractivity contribution is -0.271. The number of carboxylic acids is 1. The molecule has 5 N–H and O–H groups in total. The number of anilines is 1. The average molecular weight is 551 g/mol. The quantitative estimate of drug-likeness (QED) is 0.0707. The molecule has 0 spiro atoms. The van der Waals surface area contributed by atoms with Crippen LogP contribution in [0.1, 0.15) is 44.1 Å². The molecule has 0 bridgehead atoms. The predicted molar refractivity (Wildman–Crippen MR) is 134 cm³/mol. The van der Waals surface area contributed by atoms with Crippen molar-refractivity contribution in [1.29, 1.82) is 0 Å². The van der Waals surface area contributed by atoms with Crippen LogP contribution in [0.4, 0.5) is 10.1 Å². The summed E-state index contributed by atoms with van der Waals surface area (Å²) in [6.45, 7) is -0.735. The summed E-state index contributed by atoms with van der Waals surface area (Å²) >= 11 is 0. The highest BCUT2D eigenvalue weighted by Gasteiger charge is 2.48. The number of hydrogen-bond acceptors (Lipinski definition) is 9. The van der Waals surface area contributed by atoms with Crippen molar-refractivity contribution in [2.75, 3.05) is 11.9 Å². The number of ketones is 1. The van der Waals surface area contributed by atoms with Crippen LogP contribution in [0.25, 0.3) is 10.4 Å². The van der Waals surface area contributed by atoms with Gasteiger partial charge in [-0.1, -0.05) is 11.5 Å². The van der Waals surface area contributed by atoms with E-state index < -0.39 is 55.2 Å². The van der Waals surface area contributed by atoms with Crippen LogP contribution in [0.5, 0.6) is 5.75 Å². The van der Waals surface area contributed by atoms with Crippen molar-refractivity contribution < 1.29 is 48.7 Å². The molecule has 1 amide bonds. The number of ether oxygens (including phenoxy) is 2. The molecule has 0 saturated carbocycles. The molecule has 39 heavy (non-hydrogen) atoms. The normalized spacial score (nSPS) is 23.1. The molecule has 0 aromatic heterocycles. The van der Waals surface area contributed by atoms with Gasteiger partial charge in [-0.15, -0.1) is 12.3 Å². The molecule has 13 nitrogen and oxygen atoms in total. The molecule has 6 atom stereocenters. The fourth-order valence-electron chi connectivity index (χ4n) is 3.90. The number of unbranched alkanes of at least 4 members (excludes halogenated alkanes) is 2. The number of nitrogens with one attached hydrogen (secondary N) is 1. The SMILES string of the molecule is C#CCC(CC(=O)CCCCCN=[N+]=[N-])C(=O)Nc1ccc(O[C@H]2O[C@@H](C(=O)O)[C@H](O)[C@@H](O)[C@@H]2O)c(CF)c1. The first kappa shape index (κ1) is 31.5. The van der Waals surface area contributed by atoms with E-state index in [1.54, 1.807) is 0 Å². The molecule has 1 aliphatic heterocycles. The lowest BCUT2D eigenvalue weighted by atomic mass is 9.95. The van der Waals surface area contributed by atoms with Crippen molar-refractivity contribution in [3.63, 3.8) is 0 Å². The van der Waals surface area contributed by atoms with Gasteiger partial charge < -0.3 is 35.2 Å². The molecule has 1 fully saturated rings. The van der Waals surface area contributed by atoms with Crippen LogP contribution in [-0.4, -0.2) is 75.3 Å². The van der Waals surface area contributed by atoms with E-state index in [4.69, 9.17) is 26.5 Å². The van der Waals surface area contributed by atoms with Crippen LogP contribution in [-0.2, 0) is 25.8 Å². The molecular formula is C25H31FN4O9. The molecule has 1 aromatic rings. The molecule has 1 saturated heterocycles. The largest absolute Gasteiger partial charge is 0.479 e. The van der Waals surface area contributed by atoms with Gasteiger partial charge in [0.2, 0.25) is 12.2 Å². The number of aliphatic hydroxyl groups excluding tert-OH is 3. The van der Waals surface area contributed by atoms with Gasteiger partial charge in [0.15, 0.2) is 6.10 Å². The van der Waals surface area contributed by atoms with Gasteiger partial charge in [0.1, 0.15) is 36.5 Å². The molecule has 0 radical (unpaired) electrons. The lowest BCUT2D eigenvalue weighted by Gasteiger charge is -2.38. The predicted octanol–water partition coefficient (Wildman–Crippen LogP) is 1.83. The Labute approximate surface area is 223 Å². The number of Topliss-reactive ketones (excluding diaryl/α,β-unsaturated/α-hetero) is 1. The van der Waals surface area contributed by atoms with Gasteiger partial charge in [0, 0.05) is 42.0 Å². The Morgan fingerprint density at radius 3 is 2.59 bits per heavy atom. The Kier molecular flexibility index (Phi) is 12.6. The zero-order valence-corrected chi connectivity index (χ0v) is 21.0. The first-order valence-corrected chi connectivity index (χ1v) is 12.2. The van der Waals surface area contributed by atoms with Gasteiger partial charge in [-0.05, 0) is 36.6 Å². The molecule has 1 unspecified atom stereocenters. The van der Waals surface area contributed by atoms with E-state index >= 15 is 0 Å². The third kappa shape index (κ3) is 9.20. The van der Waals surface area contributed by atoms with Crippen molar-refractivity contribution in [2.24, 2.45) is 11.0 Å². The minimum Gasteiger partial charge on any atom is -0.479 e. The van der Waals surface area contributed by atoms with Crippen LogP contribution in [0.2, 0.25) is 0 Å². The van der Waals surface area contributed by atoms with Crippen molar-refractivity contribution in [2.45, 2.75) is 75.9 Å². The first-order chi connectivity index (χ1) is 18.6. The maximum Gasteiger partial charge on any atom is 0.335 e. The van der Waals surface area contributed by atoms with Gasteiger partial charge in [0.25, 0.3) is 0 Å². The number of benzene rings is 1. The second kappa shape index (κ2) is 15.6. The Morgan fingerprint density at radius 2 is 1.95 bits per heavy atom. The second-order valence-corrected chi connectivity index (χ2v) is 8.91. The van der Waals surface area contributed by atoms with E-state index in [1.165, 1.54) is 18.2 Å². The number of rotatable bonds is 15. The zero-order chi connectivity index (χ0) is 28.9. The van der Waals surface area contributed by atoms with E-state index in [0.29, 0.717) is 25.8 Å². The molecule has 14 heteroatoms. The lowest BCUT2D eigenvalue weighted by Crippen LogP contribution is -2.61. The fourth-order valence-corrected chi connectivity index (χ4v) is 3.90. The monoisotopic (exact) mass is 550 g/mol. The number of hydrogen-bond donors (Lipinski definition) is 5. The van der Waals surface area contributed by atoms with E-state index in [0.717, 1.165) is 0 Å². The summed E-state index contributed by atoms with van der Waals surface area (Å²) in [4.78, 5) is 39.1. The number of aliphatic carboxylic acids is 1. The van der Waals surface area contributed by atoms with E-state index in [2.05, 4.69) is 21.3 Å². The molecule has 0 aliphatic carbocycles. The third-order valence-corrected chi connectivity index (χ3v) is 6.01. The number of carbonyl (C=O) groups excluding carboxylic acids is 2. The third-order valence-electron chi connectivity index (χ3n) is 6.01. The number of azide groups is 1. The van der Waals surface area contributed by atoms with Crippen molar-refractivity contribution in [3.8, 4) is 18.1 Å². The summed E-state index contributed by atoms with van der Waals surface area (Å²) in [7, 11) is 0. The number of alkyl halides is 1. The molecule has 1 aromatic carbocycles. The highest BCUT2D eigenvalue weighted by atomic mass is 19.1. The topological polar surface area (TPSA) is 211 Å². The van der Waals surface area contributed by atoms with E-state index in [1.807, 2.05) is 0 Å². The Balaban J connectivity index is 2.03. The highest BCUT2D eigenvalue weighted by Crippen LogP contribution is 2.29. The van der Waals surface area contributed by atoms with Crippen LogP contribution in [0.15, 0.2) is 23.3 Å². The van der Waals surface area contributed by atoms with Crippen LogP contribution in [0.3, 0.4) is 0 Å². The Bertz CT molecular complexity index is 1110. The smallest absolute Gasteiger partial charge is 0.335 e. The van der Waals surface area contributed by atoms with Crippen LogP contribution in [0, 0.1) is 18.3 Å². The number of terminal acetylenes is 1. The van der Waals surface area contributed by atoms with E-state index in [-0.39, 0.29) is 42.0 Å². The fraction of sp³-hybridized carbons (Fsp3) is 0.560. The molecule has 2 rings (SSSR count). The molecular weight excluding hydrogens is 519 g/mol. The zero-order valence-electron chi connectivity index (χ0n) is 21.0. The maximum absolute atomic E-state index is 13.8. The minimum absolute atomic E-state index is 0.00144. The number of carbonyl (C=O) groups is 3. The van der Waals surface area contributed by atoms with Gasteiger partial charge in [-0.3, -0.25) is 9.59 Å². The van der Waals surface area contributed by atoms with Gasteiger partial charge >= 0.3 is 5.97 Å². The number of amides is 1. The maximum atomic E-state index is 13.8. The highest BCUT2D eigenvalue weighted by molar-refractivity contribution is 5.95. The summed E-state index contributed by atoms with van der Waals surface area (Å²) in [5.74, 6) is -0.908. The number of nitrogens with zero attached hydrogens (tertiary/aromatic N) is 3. The summed E-state index contributed by atoms with van der Waals surface area (Å²) < 4.78 is 24.2. The minimum atomic E-state index is -1.91. The number of carboxylic acid groups (broad SMARTS) is 1. The Morgan fingerprint density at radius 1 is 1.21 bits per heavy atom. The van der Waals surface area contributed by atoms with Crippen molar-refractivity contribution in [3.05, 3.63) is 34.2 Å². The number of halogens is 1. The first-order valence-electron chi connectivity index (χ1n) is 12.2. The van der Waals surface area contributed by atoms with Crippen molar-refractivity contribution >= 4 is 23.3 Å². The summed E-state index contributed by atoms with van der Waals surface area (Å²) in [5, 5.41) is 45.0. The van der Waals surface area contributed by atoms with E-state index in [9.17, 15) is 34.1 Å². The average Bonchev–Trinajstić information content (AvgIpc) is 2.91. The van der Waals surface area contributed by atoms with Gasteiger partial charge in [-0.25, -0.2) is 9.18 Å². The van der Waals surface area contributed by atoms with Crippen LogP contribution >= 0.6 is 0 Å². The van der Waals surface area contributed by atoms with Gasteiger partial charge in [0.05, 0.1) is 5.92 Å². The summed E-state index contributed by atoms with van der Waals surface area (Å²) in [5.41, 5.74) is 8.32. The van der Waals surface area contributed by atoms with Crippen LogP contribution < -0.4 is 10.1 Å². The number of aliphatic hydroxyl groups is 3. The summed E-state index contributed by atoms with van der Waals surface area (Å²) in [6.07, 6.45) is -1.83. The Hall–Kier alpha value is -3.73.